The number of hydrogen-bond donors (Lipinski definition) is 4. The van der Waals surface area contributed by atoms with Gasteiger partial charge in [0.1, 0.15) is 17.8 Å². The third-order valence-electron chi connectivity index (χ3n) is 8.62. The number of halogens is 1. The Kier molecular flexibility index (Phi) is 13.3. The van der Waals surface area contributed by atoms with Gasteiger partial charge in [-0.2, -0.15) is 0 Å². The minimum Gasteiger partial charge on any atom is -0.457 e. The third-order valence-corrected chi connectivity index (χ3v) is 8.62. The zero-order valence-electron chi connectivity index (χ0n) is 25.1. The van der Waals surface area contributed by atoms with Gasteiger partial charge < -0.3 is 35.6 Å². The SMILES string of the molecule is CC[C@H]1OC(=O)[C@@](C)(F)C(=O)[C@H](C)C(C)[C@](C)(OCCNCCCN)C[C@@H](C)CN(C)[C@H](C)[C@@H](O)[C@]1(C)O. The molecule has 1 aliphatic rings. The molecule has 0 aliphatic carbocycles. The Morgan fingerprint density at radius 2 is 1.79 bits per heavy atom. The van der Waals surface area contributed by atoms with Crippen LogP contribution in [0.5, 0.6) is 0 Å². The smallest absolute Gasteiger partial charge is 0.351 e. The molecule has 9 atom stereocenters. The van der Waals surface area contributed by atoms with Crippen molar-refractivity contribution in [3.8, 4) is 0 Å². The first-order valence-corrected chi connectivity index (χ1v) is 14.1. The predicted molar refractivity (Wildman–Crippen MR) is 146 cm³/mol. The average Bonchev–Trinajstić information content (AvgIpc) is 2.85. The molecule has 0 spiro atoms. The molecule has 10 heteroatoms. The number of carbonyl (C=O) groups is 2. The predicted octanol–water partition coefficient (Wildman–Crippen LogP) is 2.06. The lowest BCUT2D eigenvalue weighted by Gasteiger charge is -2.43. The number of rotatable bonds is 8. The van der Waals surface area contributed by atoms with Gasteiger partial charge in [0, 0.05) is 25.0 Å². The summed E-state index contributed by atoms with van der Waals surface area (Å²) in [5, 5.41) is 25.6. The van der Waals surface area contributed by atoms with E-state index in [-0.39, 0.29) is 12.3 Å². The summed E-state index contributed by atoms with van der Waals surface area (Å²) in [6.07, 6.45) is -0.972. The summed E-state index contributed by atoms with van der Waals surface area (Å²) >= 11 is 0. The number of carbonyl (C=O) groups excluding carboxylic acids is 2. The number of aliphatic hydroxyl groups excluding tert-OH is 1. The van der Waals surface area contributed by atoms with Gasteiger partial charge >= 0.3 is 5.97 Å². The van der Waals surface area contributed by atoms with Gasteiger partial charge in [-0.25, -0.2) is 9.18 Å². The molecule has 0 saturated carbocycles. The number of cyclic esters (lactones) is 1. The van der Waals surface area contributed by atoms with Crippen molar-refractivity contribution < 1.29 is 33.7 Å². The molecule has 0 radical (unpaired) electrons. The highest BCUT2D eigenvalue weighted by Gasteiger charge is 2.52. The van der Waals surface area contributed by atoms with Crippen molar-refractivity contribution in [3.05, 3.63) is 0 Å². The maximum Gasteiger partial charge on any atom is 0.351 e. The highest BCUT2D eigenvalue weighted by Crippen LogP contribution is 2.38. The molecular weight excluding hydrogens is 493 g/mol. The number of likely N-dealkylation sites (N-methyl/N-ethyl adjacent to an activating group) is 1. The van der Waals surface area contributed by atoms with E-state index in [1.165, 1.54) is 6.92 Å². The van der Waals surface area contributed by atoms with Crippen molar-refractivity contribution in [3.63, 3.8) is 0 Å². The Hall–Kier alpha value is -1.17. The van der Waals surface area contributed by atoms with Gasteiger partial charge in [-0.1, -0.05) is 27.7 Å². The largest absolute Gasteiger partial charge is 0.457 e. The molecule has 9 nitrogen and oxygen atoms in total. The maximum atomic E-state index is 15.8. The zero-order valence-corrected chi connectivity index (χ0v) is 25.1. The van der Waals surface area contributed by atoms with Gasteiger partial charge in [-0.15, -0.1) is 0 Å². The van der Waals surface area contributed by atoms with E-state index in [2.05, 4.69) is 12.2 Å². The van der Waals surface area contributed by atoms with E-state index in [9.17, 15) is 19.8 Å². The van der Waals surface area contributed by atoms with E-state index in [0.717, 1.165) is 19.9 Å². The van der Waals surface area contributed by atoms with E-state index in [1.807, 2.05) is 25.8 Å². The molecule has 1 rings (SSSR count). The number of Topliss-reactive ketones (excluding diaryl/α,β-unsaturated/α-hetero) is 1. The molecule has 0 amide bonds. The molecule has 5 N–H and O–H groups in total. The summed E-state index contributed by atoms with van der Waals surface area (Å²) in [4.78, 5) is 28.3. The Labute approximate surface area is 229 Å². The van der Waals surface area contributed by atoms with E-state index in [1.54, 1.807) is 20.8 Å². The van der Waals surface area contributed by atoms with Crippen LogP contribution < -0.4 is 11.1 Å². The molecule has 1 heterocycles. The van der Waals surface area contributed by atoms with E-state index < -0.39 is 58.7 Å². The number of aliphatic hydroxyl groups is 2. The van der Waals surface area contributed by atoms with Crippen LogP contribution in [0.2, 0.25) is 0 Å². The fourth-order valence-corrected chi connectivity index (χ4v) is 5.56. The van der Waals surface area contributed by atoms with Crippen LogP contribution in [0.1, 0.15) is 74.7 Å². The molecule has 0 aromatic heterocycles. The average molecular weight is 548 g/mol. The number of nitrogens with zero attached hydrogens (tertiary/aromatic N) is 1. The van der Waals surface area contributed by atoms with Crippen molar-refractivity contribution in [2.24, 2.45) is 23.5 Å². The molecular formula is C28H54FN3O6. The first-order valence-electron chi connectivity index (χ1n) is 14.1. The molecule has 1 saturated heterocycles. The summed E-state index contributed by atoms with van der Waals surface area (Å²) in [6.45, 7) is 16.1. The summed E-state index contributed by atoms with van der Waals surface area (Å²) in [5.41, 5.74) is -0.0492. The molecule has 1 fully saturated rings. The van der Waals surface area contributed by atoms with Crippen LogP contribution in [0.3, 0.4) is 0 Å². The highest BCUT2D eigenvalue weighted by molar-refractivity contribution is 6.07. The summed E-state index contributed by atoms with van der Waals surface area (Å²) < 4.78 is 27.6. The molecule has 0 aromatic carbocycles. The first kappa shape index (κ1) is 34.9. The second kappa shape index (κ2) is 14.5. The quantitative estimate of drug-likeness (QED) is 0.205. The number of nitrogens with two attached hydrogens (primary N) is 1. The lowest BCUT2D eigenvalue weighted by atomic mass is 9.72. The van der Waals surface area contributed by atoms with E-state index in [0.29, 0.717) is 32.7 Å². The van der Waals surface area contributed by atoms with Crippen molar-refractivity contribution >= 4 is 11.8 Å². The zero-order chi connectivity index (χ0) is 29.5. The molecule has 1 unspecified atom stereocenters. The standard InChI is InChI=1S/C28H54FN3O6/c1-10-22-28(8,36)24(34)21(5)32(9)17-18(2)16-26(6,37-15-14-31-13-11-12-30)20(4)19(3)23(33)27(7,29)25(35)38-22/h18-22,24,31,34,36H,10-17,30H2,1-9H3/t18-,19-,20?,21-,22-,24-,26-,27+,28-/m1/s1. The highest BCUT2D eigenvalue weighted by atomic mass is 19.1. The molecule has 1 aliphatic heterocycles. The molecule has 0 bridgehead atoms. The van der Waals surface area contributed by atoms with Gasteiger partial charge in [-0.05, 0) is 78.9 Å². The van der Waals surface area contributed by atoms with Gasteiger partial charge in [0.2, 0.25) is 0 Å². The van der Waals surface area contributed by atoms with Crippen LogP contribution in [-0.4, -0.2) is 102 Å². The first-order chi connectivity index (χ1) is 17.5. The summed E-state index contributed by atoms with van der Waals surface area (Å²) in [6, 6.07) is -0.501. The van der Waals surface area contributed by atoms with Crippen molar-refractivity contribution in [2.45, 2.75) is 110 Å². The van der Waals surface area contributed by atoms with Gasteiger partial charge in [-0.3, -0.25) is 4.79 Å². The minimum atomic E-state index is -2.93. The third kappa shape index (κ3) is 8.41. The van der Waals surface area contributed by atoms with E-state index >= 15 is 4.39 Å². The van der Waals surface area contributed by atoms with Gasteiger partial charge in [0.15, 0.2) is 5.78 Å². The summed E-state index contributed by atoms with van der Waals surface area (Å²) in [5.74, 6) is -3.46. The normalized spacial score (nSPS) is 40.9. The van der Waals surface area contributed by atoms with Crippen LogP contribution in [0.25, 0.3) is 0 Å². The Bertz CT molecular complexity index is 767. The number of ether oxygens (including phenoxy) is 2. The van der Waals surface area contributed by atoms with Gasteiger partial charge in [0.05, 0.1) is 12.2 Å². The van der Waals surface area contributed by atoms with Crippen LogP contribution in [-0.2, 0) is 19.1 Å². The summed E-state index contributed by atoms with van der Waals surface area (Å²) in [7, 11) is 1.86. The Balaban J connectivity index is 3.41. The second-order valence-corrected chi connectivity index (χ2v) is 12.0. The van der Waals surface area contributed by atoms with Crippen LogP contribution in [0.15, 0.2) is 0 Å². The minimum absolute atomic E-state index is 0.0706. The Morgan fingerprint density at radius 3 is 2.34 bits per heavy atom. The van der Waals surface area contributed by atoms with Crippen molar-refractivity contribution in [2.75, 3.05) is 39.8 Å². The fourth-order valence-electron chi connectivity index (χ4n) is 5.56. The van der Waals surface area contributed by atoms with Crippen LogP contribution in [0.4, 0.5) is 4.39 Å². The lowest BCUT2D eigenvalue weighted by Crippen LogP contribution is -2.59. The van der Waals surface area contributed by atoms with Crippen molar-refractivity contribution in [1.29, 1.82) is 0 Å². The molecule has 224 valence electrons. The Morgan fingerprint density at radius 1 is 1.18 bits per heavy atom. The number of ketones is 1. The number of esters is 1. The van der Waals surface area contributed by atoms with Gasteiger partial charge in [0.25, 0.3) is 5.67 Å². The van der Waals surface area contributed by atoms with Crippen LogP contribution in [0, 0.1) is 17.8 Å². The molecule has 38 heavy (non-hydrogen) atoms. The van der Waals surface area contributed by atoms with E-state index in [4.69, 9.17) is 15.2 Å². The monoisotopic (exact) mass is 547 g/mol. The topological polar surface area (TPSA) is 134 Å². The number of nitrogens with one attached hydrogen (secondary N) is 1. The fraction of sp³-hybridized carbons (Fsp3) is 0.929. The van der Waals surface area contributed by atoms with Crippen molar-refractivity contribution in [1.82, 2.24) is 10.2 Å². The maximum absolute atomic E-state index is 15.8. The number of alkyl halides is 1. The number of hydrogen-bond acceptors (Lipinski definition) is 9. The lowest BCUT2D eigenvalue weighted by molar-refractivity contribution is -0.196. The second-order valence-electron chi connectivity index (χ2n) is 12.0. The molecule has 0 aromatic rings. The van der Waals surface area contributed by atoms with Crippen LogP contribution >= 0.6 is 0 Å².